The Morgan fingerprint density at radius 2 is 1.67 bits per heavy atom. The highest BCUT2D eigenvalue weighted by molar-refractivity contribution is 5.89. The highest BCUT2D eigenvalue weighted by Crippen LogP contribution is 2.33. The highest BCUT2D eigenvalue weighted by Gasteiger charge is 2.26. The fraction of sp³-hybridized carbons (Fsp3) is 0.529. The normalized spacial score (nSPS) is 11.4. The Morgan fingerprint density at radius 3 is 2.21 bits per heavy atom. The molecule has 0 saturated carbocycles. The fourth-order valence-electron chi connectivity index (χ4n) is 2.26. The molecule has 1 unspecified atom stereocenters. The van der Waals surface area contributed by atoms with Crippen molar-refractivity contribution in [1.82, 2.24) is 0 Å². The van der Waals surface area contributed by atoms with Gasteiger partial charge in [0.15, 0.2) is 11.5 Å². The fourth-order valence-corrected chi connectivity index (χ4v) is 2.26. The van der Waals surface area contributed by atoms with Crippen LogP contribution in [0, 0.1) is 0 Å². The smallest absolute Gasteiger partial charge is 0.414 e. The summed E-state index contributed by atoms with van der Waals surface area (Å²) in [4.78, 5) is 25.5. The Bertz CT molecular complexity index is 560. The Morgan fingerprint density at radius 1 is 1.04 bits per heavy atom. The lowest BCUT2D eigenvalue weighted by molar-refractivity contribution is -0.143. The van der Waals surface area contributed by atoms with E-state index in [2.05, 4.69) is 0 Å². The van der Waals surface area contributed by atoms with Crippen LogP contribution < -0.4 is 14.4 Å². The number of ether oxygens (including phenoxy) is 4. The second kappa shape index (κ2) is 9.64. The van der Waals surface area contributed by atoms with Crippen molar-refractivity contribution in [3.05, 3.63) is 18.2 Å². The summed E-state index contributed by atoms with van der Waals surface area (Å²) in [6.45, 7) is 5.74. The predicted molar refractivity (Wildman–Crippen MR) is 89.8 cm³/mol. The third kappa shape index (κ3) is 5.04. The molecule has 0 aliphatic rings. The second-order valence-corrected chi connectivity index (χ2v) is 4.97. The molecule has 7 nitrogen and oxygen atoms in total. The van der Waals surface area contributed by atoms with Crippen LogP contribution in [0.4, 0.5) is 10.5 Å². The zero-order chi connectivity index (χ0) is 18.1. The summed E-state index contributed by atoms with van der Waals surface area (Å²) >= 11 is 0. The van der Waals surface area contributed by atoms with Crippen molar-refractivity contribution >= 4 is 17.7 Å². The minimum Gasteiger partial charge on any atom is -0.493 e. The van der Waals surface area contributed by atoms with E-state index in [9.17, 15) is 9.59 Å². The number of anilines is 1. The third-order valence-corrected chi connectivity index (χ3v) is 3.32. The van der Waals surface area contributed by atoms with Crippen molar-refractivity contribution in [3.8, 4) is 11.5 Å². The lowest BCUT2D eigenvalue weighted by Crippen LogP contribution is -2.40. The van der Waals surface area contributed by atoms with Crippen LogP contribution in [-0.4, -0.2) is 45.5 Å². The first kappa shape index (κ1) is 19.6. The SMILES string of the molecule is CCOC(=O)CC(C)N(C(=O)OCC)c1ccc(OC)c(OC)c1. The molecule has 0 aromatic heterocycles. The number of rotatable bonds is 8. The minimum absolute atomic E-state index is 0.0565. The molecule has 0 fully saturated rings. The number of carbonyl (C=O) groups is 2. The molecule has 24 heavy (non-hydrogen) atoms. The zero-order valence-electron chi connectivity index (χ0n) is 14.8. The molecule has 1 aromatic rings. The van der Waals surface area contributed by atoms with Gasteiger partial charge in [0.2, 0.25) is 0 Å². The summed E-state index contributed by atoms with van der Waals surface area (Å²) in [6, 6.07) is 4.62. The van der Waals surface area contributed by atoms with E-state index >= 15 is 0 Å². The number of hydrogen-bond acceptors (Lipinski definition) is 6. The van der Waals surface area contributed by atoms with Crippen LogP contribution in [0.2, 0.25) is 0 Å². The highest BCUT2D eigenvalue weighted by atomic mass is 16.6. The Hall–Kier alpha value is -2.44. The van der Waals surface area contributed by atoms with E-state index in [-0.39, 0.29) is 19.0 Å². The molecule has 0 aliphatic carbocycles. The van der Waals surface area contributed by atoms with Gasteiger partial charge in [-0.25, -0.2) is 4.79 Å². The van der Waals surface area contributed by atoms with Gasteiger partial charge in [-0.1, -0.05) is 0 Å². The maximum absolute atomic E-state index is 12.4. The summed E-state index contributed by atoms with van der Waals surface area (Å²) in [5, 5.41) is 0. The van der Waals surface area contributed by atoms with Gasteiger partial charge < -0.3 is 18.9 Å². The van der Waals surface area contributed by atoms with Gasteiger partial charge in [-0.3, -0.25) is 9.69 Å². The van der Waals surface area contributed by atoms with Crippen LogP contribution in [-0.2, 0) is 14.3 Å². The molecule has 1 aromatic carbocycles. The van der Waals surface area contributed by atoms with Gasteiger partial charge in [-0.05, 0) is 32.9 Å². The van der Waals surface area contributed by atoms with Crippen LogP contribution in [0.3, 0.4) is 0 Å². The zero-order valence-corrected chi connectivity index (χ0v) is 14.8. The van der Waals surface area contributed by atoms with Crippen LogP contribution in [0.25, 0.3) is 0 Å². The van der Waals surface area contributed by atoms with Crippen molar-refractivity contribution in [1.29, 1.82) is 0 Å². The number of carbonyl (C=O) groups excluding carboxylic acids is 2. The lowest BCUT2D eigenvalue weighted by atomic mass is 10.1. The molecule has 0 bridgehead atoms. The molecule has 0 aliphatic heterocycles. The van der Waals surface area contributed by atoms with E-state index < -0.39 is 12.1 Å². The van der Waals surface area contributed by atoms with Crippen LogP contribution in [0.5, 0.6) is 11.5 Å². The molecule has 0 radical (unpaired) electrons. The number of esters is 1. The van der Waals surface area contributed by atoms with E-state index in [1.165, 1.54) is 19.1 Å². The van der Waals surface area contributed by atoms with Crippen LogP contribution in [0.15, 0.2) is 18.2 Å². The lowest BCUT2D eigenvalue weighted by Gasteiger charge is -2.28. The summed E-state index contributed by atoms with van der Waals surface area (Å²) < 4.78 is 20.5. The first-order valence-electron chi connectivity index (χ1n) is 7.82. The van der Waals surface area contributed by atoms with Gasteiger partial charge in [-0.2, -0.15) is 0 Å². The Kier molecular flexibility index (Phi) is 7.88. The van der Waals surface area contributed by atoms with Gasteiger partial charge in [0.1, 0.15) is 0 Å². The summed E-state index contributed by atoms with van der Waals surface area (Å²) in [5.74, 6) is 0.649. The van der Waals surface area contributed by atoms with E-state index in [1.54, 1.807) is 39.0 Å². The van der Waals surface area contributed by atoms with Crippen LogP contribution in [0.1, 0.15) is 27.2 Å². The maximum atomic E-state index is 12.4. The average Bonchev–Trinajstić information content (AvgIpc) is 2.55. The molecule has 0 N–H and O–H groups in total. The number of nitrogens with zero attached hydrogens (tertiary/aromatic N) is 1. The molecule has 0 spiro atoms. The summed E-state index contributed by atoms with van der Waals surface area (Å²) in [6.07, 6.45) is -0.484. The predicted octanol–water partition coefficient (Wildman–Crippen LogP) is 3.01. The van der Waals surface area contributed by atoms with Crippen molar-refractivity contribution in [2.45, 2.75) is 33.2 Å². The maximum Gasteiger partial charge on any atom is 0.414 e. The first-order valence-corrected chi connectivity index (χ1v) is 7.82. The number of hydrogen-bond donors (Lipinski definition) is 0. The number of methoxy groups -OCH3 is 2. The quantitative estimate of drug-likeness (QED) is 0.678. The molecule has 0 heterocycles. The Balaban J connectivity index is 3.13. The molecule has 1 amide bonds. The van der Waals surface area contributed by atoms with Gasteiger partial charge in [0.25, 0.3) is 0 Å². The standard InChI is InChI=1S/C17H25NO6/c1-6-23-16(19)10-12(3)18(17(20)24-7-2)13-8-9-14(21-4)15(11-13)22-5/h8-9,11-12H,6-7,10H2,1-5H3. The summed E-state index contributed by atoms with van der Waals surface area (Å²) in [7, 11) is 3.04. The average molecular weight is 339 g/mol. The second-order valence-electron chi connectivity index (χ2n) is 4.97. The van der Waals surface area contributed by atoms with Crippen molar-refractivity contribution < 1.29 is 28.5 Å². The van der Waals surface area contributed by atoms with Crippen molar-refractivity contribution in [3.63, 3.8) is 0 Å². The van der Waals surface area contributed by atoms with E-state index in [4.69, 9.17) is 18.9 Å². The van der Waals surface area contributed by atoms with E-state index in [0.29, 0.717) is 23.8 Å². The van der Waals surface area contributed by atoms with E-state index in [1.807, 2.05) is 0 Å². The molecule has 1 rings (SSSR count). The minimum atomic E-state index is -0.540. The number of amides is 1. The monoisotopic (exact) mass is 339 g/mol. The number of benzene rings is 1. The molecule has 7 heteroatoms. The molecular weight excluding hydrogens is 314 g/mol. The van der Waals surface area contributed by atoms with Crippen molar-refractivity contribution in [2.75, 3.05) is 32.3 Å². The molecular formula is C17H25NO6. The van der Waals surface area contributed by atoms with Gasteiger partial charge in [0, 0.05) is 12.1 Å². The van der Waals surface area contributed by atoms with Gasteiger partial charge >= 0.3 is 12.1 Å². The van der Waals surface area contributed by atoms with Gasteiger partial charge in [0.05, 0.1) is 39.5 Å². The van der Waals surface area contributed by atoms with Crippen molar-refractivity contribution in [2.24, 2.45) is 0 Å². The third-order valence-electron chi connectivity index (χ3n) is 3.32. The largest absolute Gasteiger partial charge is 0.493 e. The Labute approximate surface area is 142 Å². The van der Waals surface area contributed by atoms with Crippen LogP contribution >= 0.6 is 0 Å². The first-order chi connectivity index (χ1) is 11.5. The molecule has 1 atom stereocenters. The van der Waals surface area contributed by atoms with Gasteiger partial charge in [-0.15, -0.1) is 0 Å². The molecule has 0 saturated heterocycles. The van der Waals surface area contributed by atoms with E-state index in [0.717, 1.165) is 0 Å². The topological polar surface area (TPSA) is 74.3 Å². The summed E-state index contributed by atoms with van der Waals surface area (Å²) in [5.41, 5.74) is 0.544. The molecule has 134 valence electrons.